The molecule has 6 heteroatoms. The summed E-state index contributed by atoms with van der Waals surface area (Å²) >= 11 is 0. The van der Waals surface area contributed by atoms with Gasteiger partial charge in [-0.2, -0.15) is 0 Å². The molecular formula is C19H19N3O2S. The van der Waals surface area contributed by atoms with E-state index in [2.05, 4.69) is 14.7 Å². The first kappa shape index (κ1) is 17.3. The van der Waals surface area contributed by atoms with Crippen molar-refractivity contribution in [2.24, 2.45) is 0 Å². The van der Waals surface area contributed by atoms with Crippen LogP contribution in [-0.2, 0) is 16.6 Å². The number of aryl methyl sites for hydroxylation is 2. The van der Waals surface area contributed by atoms with Gasteiger partial charge in [0.05, 0.1) is 10.6 Å². The molecule has 3 aromatic rings. The summed E-state index contributed by atoms with van der Waals surface area (Å²) in [4.78, 5) is 8.70. The zero-order valence-corrected chi connectivity index (χ0v) is 14.9. The lowest BCUT2D eigenvalue weighted by Crippen LogP contribution is -2.24. The SMILES string of the molecule is Cc1ccc(C)c(S(=O)(=O)NCc2cccnc2-c2ccncc2)c1. The third kappa shape index (κ3) is 3.92. The van der Waals surface area contributed by atoms with Crippen molar-refractivity contribution in [3.8, 4) is 11.3 Å². The molecule has 0 aliphatic heterocycles. The first-order valence-electron chi connectivity index (χ1n) is 7.88. The molecule has 0 atom stereocenters. The predicted octanol–water partition coefficient (Wildman–Crippen LogP) is 3.24. The summed E-state index contributed by atoms with van der Waals surface area (Å²) in [6, 6.07) is 12.8. The lowest BCUT2D eigenvalue weighted by molar-refractivity contribution is 0.580. The Morgan fingerprint density at radius 2 is 1.76 bits per heavy atom. The molecule has 0 radical (unpaired) electrons. The van der Waals surface area contributed by atoms with Crippen molar-refractivity contribution in [1.29, 1.82) is 0 Å². The predicted molar refractivity (Wildman–Crippen MR) is 97.4 cm³/mol. The van der Waals surface area contributed by atoms with Crippen LogP contribution >= 0.6 is 0 Å². The van der Waals surface area contributed by atoms with Gasteiger partial charge in [0.15, 0.2) is 0 Å². The Morgan fingerprint density at radius 1 is 1.00 bits per heavy atom. The molecule has 0 spiro atoms. The molecule has 3 rings (SSSR count). The molecule has 0 fully saturated rings. The van der Waals surface area contributed by atoms with Crippen LogP contribution in [0.25, 0.3) is 11.3 Å². The second-order valence-electron chi connectivity index (χ2n) is 5.84. The lowest BCUT2D eigenvalue weighted by atomic mass is 10.1. The van der Waals surface area contributed by atoms with Gasteiger partial charge in [-0.3, -0.25) is 9.97 Å². The quantitative estimate of drug-likeness (QED) is 0.764. The Morgan fingerprint density at radius 3 is 2.52 bits per heavy atom. The number of benzene rings is 1. The van der Waals surface area contributed by atoms with Gasteiger partial charge in [0, 0.05) is 30.7 Å². The smallest absolute Gasteiger partial charge is 0.241 e. The zero-order chi connectivity index (χ0) is 17.9. The maximum atomic E-state index is 12.7. The number of rotatable bonds is 5. The van der Waals surface area contributed by atoms with Gasteiger partial charge in [-0.25, -0.2) is 13.1 Å². The van der Waals surface area contributed by atoms with Crippen molar-refractivity contribution in [3.63, 3.8) is 0 Å². The normalized spacial score (nSPS) is 11.4. The average Bonchev–Trinajstić information content (AvgIpc) is 2.63. The molecule has 128 valence electrons. The van der Waals surface area contributed by atoms with Gasteiger partial charge >= 0.3 is 0 Å². The molecule has 0 bridgehead atoms. The van der Waals surface area contributed by atoms with Crippen molar-refractivity contribution in [1.82, 2.24) is 14.7 Å². The maximum absolute atomic E-state index is 12.7. The average molecular weight is 353 g/mol. The highest BCUT2D eigenvalue weighted by Gasteiger charge is 2.17. The van der Waals surface area contributed by atoms with E-state index < -0.39 is 10.0 Å². The summed E-state index contributed by atoms with van der Waals surface area (Å²) in [5.74, 6) is 0. The van der Waals surface area contributed by atoms with Crippen LogP contribution < -0.4 is 4.72 Å². The van der Waals surface area contributed by atoms with Crippen LogP contribution in [0, 0.1) is 13.8 Å². The monoisotopic (exact) mass is 353 g/mol. The van der Waals surface area contributed by atoms with Crippen molar-refractivity contribution < 1.29 is 8.42 Å². The standard InChI is InChI=1S/C19H19N3O2S/c1-14-5-6-15(2)18(12-14)25(23,24)22-13-17-4-3-9-21-19(17)16-7-10-20-11-8-16/h3-12,22H,13H2,1-2H3. The molecule has 0 unspecified atom stereocenters. The van der Waals surface area contributed by atoms with Crippen LogP contribution in [0.2, 0.25) is 0 Å². The Bertz CT molecular complexity index is 987. The van der Waals surface area contributed by atoms with Gasteiger partial charge in [0.2, 0.25) is 10.0 Å². The molecule has 5 nitrogen and oxygen atoms in total. The highest BCUT2D eigenvalue weighted by Crippen LogP contribution is 2.21. The summed E-state index contributed by atoms with van der Waals surface area (Å²) in [7, 11) is -3.60. The fourth-order valence-electron chi connectivity index (χ4n) is 2.60. The van der Waals surface area contributed by atoms with Gasteiger partial charge in [0.25, 0.3) is 0 Å². The van der Waals surface area contributed by atoms with Crippen molar-refractivity contribution in [2.45, 2.75) is 25.3 Å². The number of pyridine rings is 2. The molecule has 0 saturated heterocycles. The van der Waals surface area contributed by atoms with E-state index in [4.69, 9.17) is 0 Å². The minimum absolute atomic E-state index is 0.168. The lowest BCUT2D eigenvalue weighted by Gasteiger charge is -2.12. The number of nitrogens with zero attached hydrogens (tertiary/aromatic N) is 2. The minimum atomic E-state index is -3.60. The maximum Gasteiger partial charge on any atom is 0.241 e. The van der Waals surface area contributed by atoms with Crippen LogP contribution in [0.4, 0.5) is 0 Å². The molecule has 0 amide bonds. The highest BCUT2D eigenvalue weighted by atomic mass is 32.2. The first-order chi connectivity index (χ1) is 12.0. The molecule has 0 saturated carbocycles. The van der Waals surface area contributed by atoms with Crippen LogP contribution in [-0.4, -0.2) is 18.4 Å². The van der Waals surface area contributed by atoms with E-state index in [9.17, 15) is 8.42 Å². The van der Waals surface area contributed by atoms with Crippen molar-refractivity contribution >= 4 is 10.0 Å². The summed E-state index contributed by atoms with van der Waals surface area (Å²) < 4.78 is 28.1. The number of hydrogen-bond acceptors (Lipinski definition) is 4. The number of nitrogens with one attached hydrogen (secondary N) is 1. The van der Waals surface area contributed by atoms with Crippen LogP contribution in [0.3, 0.4) is 0 Å². The van der Waals surface area contributed by atoms with Crippen molar-refractivity contribution in [2.75, 3.05) is 0 Å². The molecule has 0 aliphatic carbocycles. The van der Waals surface area contributed by atoms with E-state index in [0.717, 1.165) is 27.9 Å². The van der Waals surface area contributed by atoms with E-state index in [1.54, 1.807) is 37.6 Å². The first-order valence-corrected chi connectivity index (χ1v) is 9.37. The van der Waals surface area contributed by atoms with Crippen molar-refractivity contribution in [3.05, 3.63) is 77.7 Å². The topological polar surface area (TPSA) is 72.0 Å². The molecule has 1 N–H and O–H groups in total. The van der Waals surface area contributed by atoms with E-state index in [0.29, 0.717) is 4.90 Å². The number of hydrogen-bond donors (Lipinski definition) is 1. The largest absolute Gasteiger partial charge is 0.265 e. The molecule has 1 aromatic carbocycles. The molecule has 2 aromatic heterocycles. The van der Waals surface area contributed by atoms with E-state index in [1.165, 1.54) is 0 Å². The van der Waals surface area contributed by atoms with Gasteiger partial charge in [-0.15, -0.1) is 0 Å². The fraction of sp³-hybridized carbons (Fsp3) is 0.158. The third-order valence-corrected chi connectivity index (χ3v) is 5.47. The summed E-state index contributed by atoms with van der Waals surface area (Å²) in [6.45, 7) is 3.84. The van der Waals surface area contributed by atoms with E-state index in [-0.39, 0.29) is 6.54 Å². The zero-order valence-electron chi connectivity index (χ0n) is 14.1. The summed E-state index contributed by atoms with van der Waals surface area (Å²) in [5.41, 5.74) is 4.08. The van der Waals surface area contributed by atoms with Gasteiger partial charge in [-0.1, -0.05) is 18.2 Å². The van der Waals surface area contributed by atoms with Gasteiger partial charge < -0.3 is 0 Å². The Labute approximate surface area is 147 Å². The Hall–Kier alpha value is -2.57. The van der Waals surface area contributed by atoms with Gasteiger partial charge in [0.1, 0.15) is 0 Å². The summed E-state index contributed by atoms with van der Waals surface area (Å²) in [6.07, 6.45) is 5.07. The van der Waals surface area contributed by atoms with Gasteiger partial charge in [-0.05, 0) is 54.8 Å². The van der Waals surface area contributed by atoms with Crippen LogP contribution in [0.15, 0.2) is 66.0 Å². The van der Waals surface area contributed by atoms with Crippen LogP contribution in [0.1, 0.15) is 16.7 Å². The molecule has 25 heavy (non-hydrogen) atoms. The fourth-order valence-corrected chi connectivity index (χ4v) is 3.93. The minimum Gasteiger partial charge on any atom is -0.265 e. The number of aromatic nitrogens is 2. The van der Waals surface area contributed by atoms with E-state index >= 15 is 0 Å². The number of sulfonamides is 1. The molecular weight excluding hydrogens is 334 g/mol. The second kappa shape index (κ2) is 7.13. The molecule has 2 heterocycles. The Balaban J connectivity index is 1.88. The Kier molecular flexibility index (Phi) is 4.92. The third-order valence-electron chi connectivity index (χ3n) is 3.93. The molecule has 0 aliphatic rings. The highest BCUT2D eigenvalue weighted by molar-refractivity contribution is 7.89. The second-order valence-corrected chi connectivity index (χ2v) is 7.58. The van der Waals surface area contributed by atoms with Crippen LogP contribution in [0.5, 0.6) is 0 Å². The summed E-state index contributed by atoms with van der Waals surface area (Å²) in [5, 5.41) is 0. The van der Waals surface area contributed by atoms with E-state index in [1.807, 2.05) is 37.3 Å².